The fraction of sp³-hybridized carbons (Fsp3) is 0.600. The van der Waals surface area contributed by atoms with E-state index in [2.05, 4.69) is 42.0 Å². The van der Waals surface area contributed by atoms with Crippen molar-refractivity contribution >= 4 is 24.6 Å². The van der Waals surface area contributed by atoms with Crippen molar-refractivity contribution in [2.24, 2.45) is 0 Å². The zero-order valence-corrected chi connectivity index (χ0v) is 17.3. The topological polar surface area (TPSA) is 55.9 Å². The van der Waals surface area contributed by atoms with Crippen LogP contribution in [-0.2, 0) is 11.2 Å². The van der Waals surface area contributed by atoms with E-state index in [4.69, 9.17) is 0 Å². The quantitative estimate of drug-likeness (QED) is 0.663. The lowest BCUT2D eigenvalue weighted by Gasteiger charge is -2.35. The van der Waals surface area contributed by atoms with Crippen LogP contribution in [0.15, 0.2) is 30.3 Å². The molecule has 150 valence electrons. The minimum atomic E-state index is -0.472. The van der Waals surface area contributed by atoms with Crippen molar-refractivity contribution < 1.29 is 9.59 Å². The average Bonchev–Trinajstić information content (AvgIpc) is 2.70. The van der Waals surface area contributed by atoms with Gasteiger partial charge in [0, 0.05) is 45.0 Å². The summed E-state index contributed by atoms with van der Waals surface area (Å²) in [6, 6.07) is 9.44. The molecule has 0 bridgehead atoms. The van der Waals surface area contributed by atoms with Crippen LogP contribution in [0.25, 0.3) is 0 Å². The summed E-state index contributed by atoms with van der Waals surface area (Å²) in [7, 11) is 2.06. The number of thiol groups is 1. The van der Waals surface area contributed by atoms with Crippen molar-refractivity contribution in [3.05, 3.63) is 35.9 Å². The molecule has 3 amide bonds. The number of nitrogens with zero attached hydrogens (tertiary/aromatic N) is 3. The predicted octanol–water partition coefficient (Wildman–Crippen LogP) is 1.72. The molecule has 1 saturated heterocycles. The van der Waals surface area contributed by atoms with E-state index in [0.29, 0.717) is 25.3 Å². The largest absolute Gasteiger partial charge is 0.338 e. The molecule has 1 aliphatic rings. The molecular formula is C20H32N4O2S. The SMILES string of the molecule is CC[C@H](NC(=O)N(CCS)CCc1ccccc1)C(=O)N1CCN(C)CC1. The second-order valence-corrected chi connectivity index (χ2v) is 7.43. The van der Waals surface area contributed by atoms with E-state index >= 15 is 0 Å². The van der Waals surface area contributed by atoms with Crippen LogP contribution in [0.4, 0.5) is 4.79 Å². The normalized spacial score (nSPS) is 16.0. The van der Waals surface area contributed by atoms with E-state index in [1.54, 1.807) is 4.90 Å². The second-order valence-electron chi connectivity index (χ2n) is 6.99. The molecule has 1 fully saturated rings. The Labute approximate surface area is 168 Å². The predicted molar refractivity (Wildman–Crippen MR) is 112 cm³/mol. The number of carbonyl (C=O) groups is 2. The lowest BCUT2D eigenvalue weighted by atomic mass is 10.1. The summed E-state index contributed by atoms with van der Waals surface area (Å²) in [5, 5.41) is 2.94. The number of benzene rings is 1. The zero-order chi connectivity index (χ0) is 19.6. The minimum absolute atomic E-state index is 0.0211. The first kappa shape index (κ1) is 21.6. The number of hydrogen-bond donors (Lipinski definition) is 2. The Balaban J connectivity index is 1.91. The van der Waals surface area contributed by atoms with Gasteiger partial charge in [0.1, 0.15) is 6.04 Å². The molecule has 1 heterocycles. The van der Waals surface area contributed by atoms with Crippen LogP contribution < -0.4 is 5.32 Å². The third kappa shape index (κ3) is 6.74. The van der Waals surface area contributed by atoms with Crippen LogP contribution in [0.3, 0.4) is 0 Å². The summed E-state index contributed by atoms with van der Waals surface area (Å²) in [5.41, 5.74) is 1.19. The Morgan fingerprint density at radius 3 is 2.41 bits per heavy atom. The number of carbonyl (C=O) groups excluding carboxylic acids is 2. The Hall–Kier alpha value is -1.73. The lowest BCUT2D eigenvalue weighted by Crippen LogP contribution is -2.56. The summed E-state index contributed by atoms with van der Waals surface area (Å²) < 4.78 is 0. The molecule has 0 aliphatic carbocycles. The summed E-state index contributed by atoms with van der Waals surface area (Å²) in [5.74, 6) is 0.610. The highest BCUT2D eigenvalue weighted by Gasteiger charge is 2.27. The van der Waals surface area contributed by atoms with Gasteiger partial charge in [0.15, 0.2) is 0 Å². The van der Waals surface area contributed by atoms with Gasteiger partial charge < -0.3 is 20.0 Å². The number of likely N-dealkylation sites (N-methyl/N-ethyl adjacent to an activating group) is 1. The van der Waals surface area contributed by atoms with Gasteiger partial charge >= 0.3 is 6.03 Å². The highest BCUT2D eigenvalue weighted by Crippen LogP contribution is 2.07. The van der Waals surface area contributed by atoms with Gasteiger partial charge in [-0.1, -0.05) is 37.3 Å². The summed E-state index contributed by atoms with van der Waals surface area (Å²) in [6.07, 6.45) is 1.37. The first-order valence-corrected chi connectivity index (χ1v) is 10.4. The maximum Gasteiger partial charge on any atom is 0.318 e. The highest BCUT2D eigenvalue weighted by molar-refractivity contribution is 7.80. The fourth-order valence-electron chi connectivity index (χ4n) is 3.17. The molecule has 2 rings (SSSR count). The van der Waals surface area contributed by atoms with Gasteiger partial charge in [-0.15, -0.1) is 0 Å². The van der Waals surface area contributed by atoms with E-state index in [1.807, 2.05) is 30.0 Å². The number of rotatable bonds is 8. The van der Waals surface area contributed by atoms with Crippen molar-refractivity contribution in [2.45, 2.75) is 25.8 Å². The van der Waals surface area contributed by atoms with Crippen LogP contribution in [0.1, 0.15) is 18.9 Å². The lowest BCUT2D eigenvalue weighted by molar-refractivity contribution is -0.134. The molecule has 1 aliphatic heterocycles. The smallest absolute Gasteiger partial charge is 0.318 e. The maximum absolute atomic E-state index is 12.8. The van der Waals surface area contributed by atoms with Crippen molar-refractivity contribution in [3.8, 4) is 0 Å². The molecule has 1 atom stereocenters. The molecule has 7 heteroatoms. The van der Waals surface area contributed by atoms with Gasteiger partial charge in [0.05, 0.1) is 0 Å². The summed E-state index contributed by atoms with van der Waals surface area (Å²) in [4.78, 5) is 31.4. The summed E-state index contributed by atoms with van der Waals surface area (Å²) in [6.45, 7) is 6.28. The minimum Gasteiger partial charge on any atom is -0.338 e. The average molecular weight is 393 g/mol. The number of amides is 3. The van der Waals surface area contributed by atoms with Gasteiger partial charge in [-0.25, -0.2) is 4.79 Å². The molecule has 27 heavy (non-hydrogen) atoms. The molecule has 0 spiro atoms. The van der Waals surface area contributed by atoms with E-state index in [0.717, 1.165) is 32.6 Å². The van der Waals surface area contributed by atoms with Gasteiger partial charge in [-0.05, 0) is 25.5 Å². The van der Waals surface area contributed by atoms with Gasteiger partial charge in [0.25, 0.3) is 0 Å². The molecule has 1 aromatic rings. The number of nitrogens with one attached hydrogen (secondary N) is 1. The molecule has 6 nitrogen and oxygen atoms in total. The van der Waals surface area contributed by atoms with Crippen LogP contribution in [0, 0.1) is 0 Å². The zero-order valence-electron chi connectivity index (χ0n) is 16.4. The first-order valence-electron chi connectivity index (χ1n) is 9.72. The highest BCUT2D eigenvalue weighted by atomic mass is 32.1. The third-order valence-corrected chi connectivity index (χ3v) is 5.19. The Bertz CT molecular complexity index is 591. The Morgan fingerprint density at radius 1 is 1.15 bits per heavy atom. The molecular weight excluding hydrogens is 360 g/mol. The summed E-state index contributed by atoms with van der Waals surface area (Å²) >= 11 is 4.28. The molecule has 0 saturated carbocycles. The fourth-order valence-corrected chi connectivity index (χ4v) is 3.41. The number of hydrogen-bond acceptors (Lipinski definition) is 4. The van der Waals surface area contributed by atoms with Crippen LogP contribution in [0.5, 0.6) is 0 Å². The number of piperazine rings is 1. The van der Waals surface area contributed by atoms with E-state index < -0.39 is 6.04 Å². The van der Waals surface area contributed by atoms with E-state index in [1.165, 1.54) is 5.56 Å². The third-order valence-electron chi connectivity index (χ3n) is 4.99. The standard InChI is InChI=1S/C20H32N4O2S/c1-3-18(19(25)23-13-11-22(2)12-14-23)21-20(26)24(15-16-27)10-9-17-7-5-4-6-8-17/h4-8,18,27H,3,9-16H2,1-2H3,(H,21,26)/t18-/m0/s1. The van der Waals surface area contributed by atoms with Crippen molar-refractivity contribution in [1.82, 2.24) is 20.0 Å². The Morgan fingerprint density at radius 2 is 1.81 bits per heavy atom. The second kappa shape index (κ2) is 11.2. The number of urea groups is 1. The van der Waals surface area contributed by atoms with Crippen LogP contribution in [-0.4, -0.2) is 84.7 Å². The van der Waals surface area contributed by atoms with Crippen LogP contribution >= 0.6 is 12.6 Å². The molecule has 1 N–H and O–H groups in total. The van der Waals surface area contributed by atoms with Crippen molar-refractivity contribution in [3.63, 3.8) is 0 Å². The van der Waals surface area contributed by atoms with E-state index in [-0.39, 0.29) is 11.9 Å². The van der Waals surface area contributed by atoms with Crippen molar-refractivity contribution in [2.75, 3.05) is 52.1 Å². The van der Waals surface area contributed by atoms with Gasteiger partial charge in [-0.3, -0.25) is 4.79 Å². The molecule has 0 radical (unpaired) electrons. The van der Waals surface area contributed by atoms with Crippen LogP contribution in [0.2, 0.25) is 0 Å². The van der Waals surface area contributed by atoms with E-state index in [9.17, 15) is 9.59 Å². The van der Waals surface area contributed by atoms with Gasteiger partial charge in [-0.2, -0.15) is 12.6 Å². The first-order chi connectivity index (χ1) is 13.0. The molecule has 0 unspecified atom stereocenters. The molecule has 0 aromatic heterocycles. The van der Waals surface area contributed by atoms with Crippen molar-refractivity contribution in [1.29, 1.82) is 0 Å². The Kier molecular flexibility index (Phi) is 8.94. The maximum atomic E-state index is 12.8. The van der Waals surface area contributed by atoms with Gasteiger partial charge in [0.2, 0.25) is 5.91 Å². The molecule has 1 aromatic carbocycles. The monoisotopic (exact) mass is 392 g/mol.